The van der Waals surface area contributed by atoms with E-state index < -0.39 is 10.0 Å². The van der Waals surface area contributed by atoms with E-state index >= 15 is 0 Å². The third kappa shape index (κ3) is 5.08. The summed E-state index contributed by atoms with van der Waals surface area (Å²) < 4.78 is 34.4. The summed E-state index contributed by atoms with van der Waals surface area (Å²) in [4.78, 5) is 6.03. The van der Waals surface area contributed by atoms with Gasteiger partial charge in [0, 0.05) is 25.0 Å². The number of hydrogen-bond acceptors (Lipinski definition) is 5. The molecule has 0 aliphatic carbocycles. The third-order valence-electron chi connectivity index (χ3n) is 5.04. The summed E-state index contributed by atoms with van der Waals surface area (Å²) in [6.07, 6.45) is 0.966. The van der Waals surface area contributed by atoms with Crippen LogP contribution in [-0.2, 0) is 16.6 Å². The van der Waals surface area contributed by atoms with Gasteiger partial charge in [-0.05, 0) is 48.4 Å². The molecular formula is C23H29N3O3S2. The first-order valence-electron chi connectivity index (χ1n) is 10.4. The highest BCUT2D eigenvalue weighted by atomic mass is 32.2. The van der Waals surface area contributed by atoms with Gasteiger partial charge in [0.15, 0.2) is 4.80 Å². The van der Waals surface area contributed by atoms with E-state index in [-0.39, 0.29) is 0 Å². The summed E-state index contributed by atoms with van der Waals surface area (Å²) in [6.45, 7) is 7.57. The van der Waals surface area contributed by atoms with Gasteiger partial charge in [-0.1, -0.05) is 32.9 Å². The molecule has 0 atom stereocenters. The van der Waals surface area contributed by atoms with E-state index in [1.807, 2.05) is 50.2 Å². The zero-order chi connectivity index (χ0) is 22.4. The van der Waals surface area contributed by atoms with Crippen molar-refractivity contribution in [2.75, 3.05) is 20.2 Å². The van der Waals surface area contributed by atoms with Gasteiger partial charge in [0.1, 0.15) is 5.75 Å². The first kappa shape index (κ1) is 23.2. The zero-order valence-corrected chi connectivity index (χ0v) is 20.0. The van der Waals surface area contributed by atoms with Crippen molar-refractivity contribution >= 4 is 27.0 Å². The molecule has 3 rings (SSSR count). The van der Waals surface area contributed by atoms with Crippen molar-refractivity contribution in [2.45, 2.75) is 38.6 Å². The SMILES string of the molecule is CCCn1c(-c2ccc(S(=O)(=O)N(CC)CC)cc2)csc1=Nc1ccc(OC)cc1. The minimum atomic E-state index is -3.46. The number of ether oxygens (including phenoxy) is 1. The number of rotatable bonds is 9. The molecule has 0 unspecified atom stereocenters. The Bertz CT molecular complexity index is 1160. The maximum Gasteiger partial charge on any atom is 0.243 e. The number of hydrogen-bond donors (Lipinski definition) is 0. The second-order valence-electron chi connectivity index (χ2n) is 6.98. The van der Waals surface area contributed by atoms with Gasteiger partial charge in [-0.2, -0.15) is 4.31 Å². The lowest BCUT2D eigenvalue weighted by atomic mass is 10.2. The van der Waals surface area contributed by atoms with E-state index in [0.717, 1.165) is 40.5 Å². The average molecular weight is 460 g/mol. The average Bonchev–Trinajstić information content (AvgIpc) is 3.17. The lowest BCUT2D eigenvalue weighted by Crippen LogP contribution is -2.30. The van der Waals surface area contributed by atoms with Gasteiger partial charge in [-0.3, -0.25) is 0 Å². The van der Waals surface area contributed by atoms with E-state index in [4.69, 9.17) is 9.73 Å². The van der Waals surface area contributed by atoms with Crippen molar-refractivity contribution in [3.63, 3.8) is 0 Å². The van der Waals surface area contributed by atoms with Crippen LogP contribution in [0.15, 0.2) is 63.8 Å². The highest BCUT2D eigenvalue weighted by molar-refractivity contribution is 7.89. The summed E-state index contributed by atoms with van der Waals surface area (Å²) in [7, 11) is -1.82. The van der Waals surface area contributed by atoms with Gasteiger partial charge in [-0.15, -0.1) is 11.3 Å². The predicted octanol–water partition coefficient (Wildman–Crippen LogP) is 4.90. The predicted molar refractivity (Wildman–Crippen MR) is 126 cm³/mol. The van der Waals surface area contributed by atoms with E-state index in [1.54, 1.807) is 30.6 Å². The molecule has 3 aromatic rings. The molecule has 0 bridgehead atoms. The highest BCUT2D eigenvalue weighted by Gasteiger charge is 2.21. The molecule has 0 fully saturated rings. The fourth-order valence-corrected chi connectivity index (χ4v) is 5.78. The molecule has 1 heterocycles. The van der Waals surface area contributed by atoms with Gasteiger partial charge in [-0.25, -0.2) is 13.4 Å². The Morgan fingerprint density at radius 1 is 1.00 bits per heavy atom. The van der Waals surface area contributed by atoms with E-state index in [1.165, 1.54) is 4.31 Å². The highest BCUT2D eigenvalue weighted by Crippen LogP contribution is 2.25. The molecule has 166 valence electrons. The Hall–Kier alpha value is -2.42. The molecule has 0 radical (unpaired) electrons. The Morgan fingerprint density at radius 2 is 1.65 bits per heavy atom. The fourth-order valence-electron chi connectivity index (χ4n) is 3.37. The molecule has 0 aliphatic rings. The lowest BCUT2D eigenvalue weighted by Gasteiger charge is -2.18. The molecule has 1 aromatic heterocycles. The van der Waals surface area contributed by atoms with Crippen LogP contribution in [0.3, 0.4) is 0 Å². The monoisotopic (exact) mass is 459 g/mol. The van der Waals surface area contributed by atoms with Crippen molar-refractivity contribution in [1.82, 2.24) is 8.87 Å². The summed E-state index contributed by atoms with van der Waals surface area (Å²) in [6, 6.07) is 14.8. The summed E-state index contributed by atoms with van der Waals surface area (Å²) >= 11 is 1.58. The smallest absolute Gasteiger partial charge is 0.243 e. The van der Waals surface area contributed by atoms with Crippen LogP contribution < -0.4 is 9.54 Å². The molecule has 8 heteroatoms. The molecule has 0 spiro atoms. The zero-order valence-electron chi connectivity index (χ0n) is 18.4. The second-order valence-corrected chi connectivity index (χ2v) is 9.75. The molecule has 2 aromatic carbocycles. The van der Waals surface area contributed by atoms with Crippen LogP contribution in [0.5, 0.6) is 5.75 Å². The van der Waals surface area contributed by atoms with Gasteiger partial charge in [0.25, 0.3) is 0 Å². The van der Waals surface area contributed by atoms with Crippen LogP contribution in [0.25, 0.3) is 11.3 Å². The lowest BCUT2D eigenvalue weighted by molar-refractivity contribution is 0.415. The summed E-state index contributed by atoms with van der Waals surface area (Å²) in [5, 5.41) is 2.08. The molecule has 0 N–H and O–H groups in total. The Morgan fingerprint density at radius 3 is 2.19 bits per heavy atom. The molecule has 0 amide bonds. The minimum absolute atomic E-state index is 0.320. The van der Waals surface area contributed by atoms with Crippen molar-refractivity contribution in [1.29, 1.82) is 0 Å². The van der Waals surface area contributed by atoms with Crippen molar-refractivity contribution in [2.24, 2.45) is 4.99 Å². The van der Waals surface area contributed by atoms with Crippen molar-refractivity contribution in [3.8, 4) is 17.0 Å². The van der Waals surface area contributed by atoms with Crippen LogP contribution >= 0.6 is 11.3 Å². The molecule has 31 heavy (non-hydrogen) atoms. The molecular weight excluding hydrogens is 430 g/mol. The van der Waals surface area contributed by atoms with Crippen LogP contribution in [0.2, 0.25) is 0 Å². The van der Waals surface area contributed by atoms with Gasteiger partial charge < -0.3 is 9.30 Å². The first-order valence-corrected chi connectivity index (χ1v) is 12.7. The molecule has 0 saturated heterocycles. The largest absolute Gasteiger partial charge is 0.497 e. The summed E-state index contributed by atoms with van der Waals surface area (Å²) in [5.41, 5.74) is 2.87. The number of thiazole rings is 1. The number of nitrogens with zero attached hydrogens (tertiary/aromatic N) is 3. The molecule has 0 saturated carbocycles. The van der Waals surface area contributed by atoms with Crippen LogP contribution in [-0.4, -0.2) is 37.5 Å². The number of methoxy groups -OCH3 is 1. The third-order valence-corrected chi connectivity index (χ3v) is 7.96. The minimum Gasteiger partial charge on any atom is -0.497 e. The quantitative estimate of drug-likeness (QED) is 0.457. The number of aromatic nitrogens is 1. The number of sulfonamides is 1. The van der Waals surface area contributed by atoms with Crippen molar-refractivity contribution < 1.29 is 13.2 Å². The molecule has 0 aliphatic heterocycles. The van der Waals surface area contributed by atoms with Gasteiger partial charge in [0.2, 0.25) is 10.0 Å². The Balaban J connectivity index is 1.98. The maximum absolute atomic E-state index is 12.8. The normalized spacial score (nSPS) is 12.5. The summed E-state index contributed by atoms with van der Waals surface area (Å²) in [5.74, 6) is 0.798. The van der Waals surface area contributed by atoms with Crippen LogP contribution in [0.1, 0.15) is 27.2 Å². The van der Waals surface area contributed by atoms with Crippen LogP contribution in [0.4, 0.5) is 5.69 Å². The second kappa shape index (κ2) is 10.3. The molecule has 6 nitrogen and oxygen atoms in total. The van der Waals surface area contributed by atoms with Gasteiger partial charge >= 0.3 is 0 Å². The Labute approximate surface area is 188 Å². The van der Waals surface area contributed by atoms with E-state index in [2.05, 4.69) is 16.9 Å². The van der Waals surface area contributed by atoms with E-state index in [9.17, 15) is 8.42 Å². The van der Waals surface area contributed by atoms with Crippen molar-refractivity contribution in [3.05, 3.63) is 58.7 Å². The number of benzene rings is 2. The van der Waals surface area contributed by atoms with E-state index in [0.29, 0.717) is 18.0 Å². The standard InChI is InChI=1S/C23H29N3O3S2/c1-5-16-26-22(17-30-23(26)24-19-10-12-20(29-4)13-11-19)18-8-14-21(15-9-18)31(27,28)25(6-2)7-3/h8-15,17H,5-7,16H2,1-4H3. The maximum atomic E-state index is 12.8. The van der Waals surface area contributed by atoms with Crippen LogP contribution in [0, 0.1) is 0 Å². The topological polar surface area (TPSA) is 63.9 Å². The first-order chi connectivity index (χ1) is 14.9. The fraction of sp³-hybridized carbons (Fsp3) is 0.348. The Kier molecular flexibility index (Phi) is 7.69. The van der Waals surface area contributed by atoms with Gasteiger partial charge in [0.05, 0.1) is 23.4 Å².